The SMILES string of the molecule is CCOC(=O)c1ccc(N2C(=O)[C@H]3[C@@H](C2=O)[C@@]2(C)C=C[C@H]3O2)cc1. The lowest BCUT2D eigenvalue weighted by molar-refractivity contribution is -0.126. The van der Waals surface area contributed by atoms with Crippen molar-refractivity contribution in [2.24, 2.45) is 11.8 Å². The molecule has 0 N–H and O–H groups in total. The number of fused-ring (bicyclic) bond motifs is 5. The Bertz CT molecular complexity index is 768. The van der Waals surface area contributed by atoms with E-state index >= 15 is 0 Å². The molecule has 0 aliphatic carbocycles. The van der Waals surface area contributed by atoms with E-state index in [1.807, 2.05) is 19.1 Å². The first-order valence-electron chi connectivity index (χ1n) is 7.98. The Morgan fingerprint density at radius 3 is 2.58 bits per heavy atom. The van der Waals surface area contributed by atoms with E-state index in [4.69, 9.17) is 9.47 Å². The zero-order valence-electron chi connectivity index (χ0n) is 13.4. The van der Waals surface area contributed by atoms with Gasteiger partial charge in [-0.05, 0) is 38.1 Å². The third kappa shape index (κ3) is 1.89. The predicted octanol–water partition coefficient (Wildman–Crippen LogP) is 1.70. The Morgan fingerprint density at radius 1 is 1.25 bits per heavy atom. The van der Waals surface area contributed by atoms with E-state index in [-0.39, 0.29) is 17.9 Å². The van der Waals surface area contributed by atoms with Crippen LogP contribution < -0.4 is 4.90 Å². The minimum atomic E-state index is -0.707. The lowest BCUT2D eigenvalue weighted by Gasteiger charge is -2.24. The van der Waals surface area contributed by atoms with Crippen LogP contribution in [-0.2, 0) is 19.1 Å². The number of carbonyl (C=O) groups is 3. The summed E-state index contributed by atoms with van der Waals surface area (Å²) in [7, 11) is 0. The normalized spacial score (nSPS) is 33.2. The first kappa shape index (κ1) is 15.1. The van der Waals surface area contributed by atoms with Gasteiger partial charge in [-0.15, -0.1) is 0 Å². The van der Waals surface area contributed by atoms with E-state index < -0.39 is 23.4 Å². The van der Waals surface area contributed by atoms with E-state index in [2.05, 4.69) is 0 Å². The summed E-state index contributed by atoms with van der Waals surface area (Å²) in [6, 6.07) is 6.32. The van der Waals surface area contributed by atoms with Gasteiger partial charge in [-0.3, -0.25) is 9.59 Å². The van der Waals surface area contributed by atoms with E-state index in [1.54, 1.807) is 31.2 Å². The number of esters is 1. The highest BCUT2D eigenvalue weighted by Gasteiger charge is 2.65. The number of hydrogen-bond acceptors (Lipinski definition) is 5. The first-order valence-corrected chi connectivity index (χ1v) is 7.98. The maximum absolute atomic E-state index is 12.8. The van der Waals surface area contributed by atoms with Gasteiger partial charge in [0.15, 0.2) is 0 Å². The van der Waals surface area contributed by atoms with Gasteiger partial charge < -0.3 is 9.47 Å². The molecule has 0 spiro atoms. The molecular formula is C18H17NO5. The topological polar surface area (TPSA) is 72.9 Å². The van der Waals surface area contributed by atoms with Crippen LogP contribution in [0.25, 0.3) is 0 Å². The average Bonchev–Trinajstić information content (AvgIpc) is 3.17. The number of hydrogen-bond donors (Lipinski definition) is 0. The Hall–Kier alpha value is -2.47. The van der Waals surface area contributed by atoms with Gasteiger partial charge in [-0.1, -0.05) is 12.2 Å². The summed E-state index contributed by atoms with van der Waals surface area (Å²) < 4.78 is 10.7. The van der Waals surface area contributed by atoms with Crippen molar-refractivity contribution in [1.82, 2.24) is 0 Å². The molecule has 0 saturated carbocycles. The van der Waals surface area contributed by atoms with Crippen LogP contribution in [0.5, 0.6) is 0 Å². The van der Waals surface area contributed by atoms with Gasteiger partial charge in [0, 0.05) is 0 Å². The molecule has 124 valence electrons. The fourth-order valence-corrected chi connectivity index (χ4v) is 3.87. The number of nitrogens with zero attached hydrogens (tertiary/aromatic N) is 1. The van der Waals surface area contributed by atoms with Crippen molar-refractivity contribution in [2.45, 2.75) is 25.6 Å². The van der Waals surface area contributed by atoms with Crippen molar-refractivity contribution < 1.29 is 23.9 Å². The molecule has 2 fully saturated rings. The van der Waals surface area contributed by atoms with Crippen LogP contribution in [0.1, 0.15) is 24.2 Å². The van der Waals surface area contributed by atoms with Gasteiger partial charge in [0.2, 0.25) is 11.8 Å². The van der Waals surface area contributed by atoms with E-state index in [0.717, 1.165) is 0 Å². The molecule has 1 aromatic carbocycles. The molecule has 6 nitrogen and oxygen atoms in total. The van der Waals surface area contributed by atoms with Crippen LogP contribution in [0.2, 0.25) is 0 Å². The van der Waals surface area contributed by atoms with E-state index in [0.29, 0.717) is 17.9 Å². The average molecular weight is 327 g/mol. The lowest BCUT2D eigenvalue weighted by Crippen LogP contribution is -2.38. The molecule has 0 aromatic heterocycles. The number of benzene rings is 1. The van der Waals surface area contributed by atoms with Crippen LogP contribution in [0.4, 0.5) is 5.69 Å². The minimum Gasteiger partial charge on any atom is -0.462 e. The van der Waals surface area contributed by atoms with Gasteiger partial charge in [0.05, 0.1) is 41.4 Å². The third-order valence-corrected chi connectivity index (χ3v) is 4.97. The molecule has 4 rings (SSSR count). The van der Waals surface area contributed by atoms with Crippen LogP contribution in [-0.4, -0.2) is 36.1 Å². The number of ether oxygens (including phenoxy) is 2. The van der Waals surface area contributed by atoms with Crippen molar-refractivity contribution in [3.63, 3.8) is 0 Å². The number of amides is 2. The lowest BCUT2D eigenvalue weighted by atomic mass is 9.78. The highest BCUT2D eigenvalue weighted by molar-refractivity contribution is 6.23. The summed E-state index contributed by atoms with van der Waals surface area (Å²) in [5, 5.41) is 0. The van der Waals surface area contributed by atoms with Crippen molar-refractivity contribution in [1.29, 1.82) is 0 Å². The largest absolute Gasteiger partial charge is 0.462 e. The molecule has 3 aliphatic heterocycles. The molecule has 3 aliphatic rings. The molecule has 4 atom stereocenters. The zero-order valence-corrected chi connectivity index (χ0v) is 13.4. The smallest absolute Gasteiger partial charge is 0.338 e. The number of carbonyl (C=O) groups excluding carboxylic acids is 3. The van der Waals surface area contributed by atoms with Gasteiger partial charge in [-0.2, -0.15) is 0 Å². The van der Waals surface area contributed by atoms with Crippen LogP contribution in [0.15, 0.2) is 36.4 Å². The van der Waals surface area contributed by atoms with Crippen LogP contribution in [0, 0.1) is 11.8 Å². The van der Waals surface area contributed by atoms with Gasteiger partial charge in [-0.25, -0.2) is 9.69 Å². The second-order valence-corrected chi connectivity index (χ2v) is 6.41. The van der Waals surface area contributed by atoms with E-state index in [1.165, 1.54) is 4.90 Å². The summed E-state index contributed by atoms with van der Waals surface area (Å²) in [4.78, 5) is 38.5. The second-order valence-electron chi connectivity index (χ2n) is 6.41. The van der Waals surface area contributed by atoms with Gasteiger partial charge in [0.25, 0.3) is 0 Å². The zero-order chi connectivity index (χ0) is 17.1. The summed E-state index contributed by atoms with van der Waals surface area (Å²) in [5.74, 6) is -1.86. The van der Waals surface area contributed by atoms with Crippen molar-refractivity contribution in [3.05, 3.63) is 42.0 Å². The Balaban J connectivity index is 1.63. The molecule has 3 heterocycles. The monoisotopic (exact) mass is 327 g/mol. The molecule has 0 unspecified atom stereocenters. The maximum atomic E-state index is 12.8. The molecule has 1 aromatic rings. The molecule has 2 amide bonds. The molecule has 24 heavy (non-hydrogen) atoms. The summed E-state index contributed by atoms with van der Waals surface area (Å²) in [6.45, 7) is 3.87. The summed E-state index contributed by atoms with van der Waals surface area (Å²) >= 11 is 0. The van der Waals surface area contributed by atoms with E-state index in [9.17, 15) is 14.4 Å². The van der Waals surface area contributed by atoms with Crippen molar-refractivity contribution in [3.8, 4) is 0 Å². The van der Waals surface area contributed by atoms with Crippen molar-refractivity contribution >= 4 is 23.5 Å². The predicted molar refractivity (Wildman–Crippen MR) is 84.3 cm³/mol. The Labute approximate surface area is 139 Å². The first-order chi connectivity index (χ1) is 11.5. The fraction of sp³-hybridized carbons (Fsp3) is 0.389. The molecule has 6 heteroatoms. The standard InChI is InChI=1S/C18H17NO5/c1-3-23-17(22)10-4-6-11(7-5-10)19-15(20)13-12-8-9-18(2,24-12)14(13)16(19)21/h4-9,12-14H,3H2,1-2H3/t12-,13-,14+,18-/m1/s1. The number of imide groups is 1. The number of anilines is 1. The van der Waals surface area contributed by atoms with Gasteiger partial charge in [0.1, 0.15) is 0 Å². The molecule has 0 radical (unpaired) electrons. The number of rotatable bonds is 3. The molecule has 2 saturated heterocycles. The van der Waals surface area contributed by atoms with Crippen LogP contribution in [0.3, 0.4) is 0 Å². The quantitative estimate of drug-likeness (QED) is 0.480. The van der Waals surface area contributed by atoms with Gasteiger partial charge >= 0.3 is 5.97 Å². The third-order valence-electron chi connectivity index (χ3n) is 4.97. The second kappa shape index (κ2) is 5.01. The summed E-state index contributed by atoms with van der Waals surface area (Å²) in [6.07, 6.45) is 3.40. The molecule has 2 bridgehead atoms. The highest BCUT2D eigenvalue weighted by Crippen LogP contribution is 2.52. The summed E-state index contributed by atoms with van der Waals surface area (Å²) in [5.41, 5.74) is 0.147. The fourth-order valence-electron chi connectivity index (χ4n) is 3.87. The van der Waals surface area contributed by atoms with Crippen molar-refractivity contribution in [2.75, 3.05) is 11.5 Å². The Morgan fingerprint density at radius 2 is 1.96 bits per heavy atom. The van der Waals surface area contributed by atoms with Crippen LogP contribution >= 0.6 is 0 Å². The maximum Gasteiger partial charge on any atom is 0.338 e. The Kier molecular flexibility index (Phi) is 3.15. The molecular weight excluding hydrogens is 310 g/mol. The minimum absolute atomic E-state index is 0.244. The highest BCUT2D eigenvalue weighted by atomic mass is 16.5.